The molecule has 46 heavy (non-hydrogen) atoms. The van der Waals surface area contributed by atoms with Crippen molar-refractivity contribution in [1.82, 2.24) is 14.7 Å². The van der Waals surface area contributed by atoms with Gasteiger partial charge < -0.3 is 40.4 Å². The van der Waals surface area contributed by atoms with E-state index in [1.165, 1.54) is 4.90 Å². The molecule has 1 amide bonds. The van der Waals surface area contributed by atoms with Crippen molar-refractivity contribution in [3.8, 4) is 17.1 Å². The number of aromatic hydroxyl groups is 1. The average Bonchev–Trinajstić information content (AvgIpc) is 3.44. The van der Waals surface area contributed by atoms with E-state index in [2.05, 4.69) is 16.8 Å². The van der Waals surface area contributed by atoms with Crippen molar-refractivity contribution in [2.24, 2.45) is 17.6 Å². The van der Waals surface area contributed by atoms with Crippen LogP contribution < -0.4 is 10.6 Å². The Bertz CT molecular complexity index is 1700. The molecule has 13 nitrogen and oxygen atoms in total. The Morgan fingerprint density at radius 2 is 1.76 bits per heavy atom. The first-order chi connectivity index (χ1) is 21.7. The lowest BCUT2D eigenvalue weighted by atomic mass is 9.57. The first kappa shape index (κ1) is 31.8. The maximum atomic E-state index is 14.2. The van der Waals surface area contributed by atoms with Crippen LogP contribution in [-0.4, -0.2) is 126 Å². The van der Waals surface area contributed by atoms with Crippen molar-refractivity contribution in [3.05, 3.63) is 52.0 Å². The fourth-order valence-electron chi connectivity index (χ4n) is 7.71. The fraction of sp³-hybridized carbons (Fsp3) is 0.485. The van der Waals surface area contributed by atoms with E-state index in [0.29, 0.717) is 29.1 Å². The molecule has 1 aromatic heterocycles. The van der Waals surface area contributed by atoms with E-state index in [-0.39, 0.29) is 29.7 Å². The van der Waals surface area contributed by atoms with Crippen molar-refractivity contribution in [2.75, 3.05) is 66.3 Å². The molecule has 4 aliphatic rings. The minimum Gasteiger partial charge on any atom is -0.508 e. The van der Waals surface area contributed by atoms with E-state index >= 15 is 0 Å². The molecule has 2 fully saturated rings. The van der Waals surface area contributed by atoms with Crippen LogP contribution in [0.3, 0.4) is 0 Å². The molecule has 1 saturated heterocycles. The Balaban J connectivity index is 1.46. The molecule has 246 valence electrons. The highest BCUT2D eigenvalue weighted by Crippen LogP contribution is 2.55. The van der Waals surface area contributed by atoms with Crippen LogP contribution in [0.2, 0.25) is 0 Å². The molecule has 2 aromatic rings. The number of likely N-dealkylation sites (N-methyl/N-ethyl adjacent to an activating group) is 2. The van der Waals surface area contributed by atoms with Crippen molar-refractivity contribution in [3.63, 3.8) is 0 Å². The number of nitrogens with two attached hydrogens (primary N) is 1. The molecule has 4 atom stereocenters. The fourth-order valence-corrected chi connectivity index (χ4v) is 7.71. The number of rotatable bonds is 6. The van der Waals surface area contributed by atoms with E-state index in [9.17, 15) is 34.8 Å². The second kappa shape index (κ2) is 11.3. The highest BCUT2D eigenvalue weighted by atomic mass is 16.4. The maximum absolute atomic E-state index is 14.2. The van der Waals surface area contributed by atoms with Gasteiger partial charge in [-0.25, -0.2) is 0 Å². The number of amides is 1. The van der Waals surface area contributed by atoms with Gasteiger partial charge in [-0.05, 0) is 63.7 Å². The number of hydrogen-bond acceptors (Lipinski definition) is 12. The van der Waals surface area contributed by atoms with Crippen molar-refractivity contribution in [2.45, 2.75) is 31.0 Å². The van der Waals surface area contributed by atoms with Gasteiger partial charge in [0, 0.05) is 57.5 Å². The van der Waals surface area contributed by atoms with Crippen LogP contribution in [-0.2, 0) is 27.3 Å². The molecule has 6 N–H and O–H groups in total. The highest BCUT2D eigenvalue weighted by molar-refractivity contribution is 6.24. The summed E-state index contributed by atoms with van der Waals surface area (Å²) in [5, 5.41) is 46.5. The first-order valence-electron chi connectivity index (χ1n) is 15.4. The molecule has 1 saturated carbocycles. The first-order valence-corrected chi connectivity index (χ1v) is 15.4. The van der Waals surface area contributed by atoms with Crippen LogP contribution in [0.4, 0.5) is 5.69 Å². The second-order valence-electron chi connectivity index (χ2n) is 13.3. The number of carbonyl (C=O) groups excluding carboxylic acids is 3. The molecule has 13 heteroatoms. The van der Waals surface area contributed by atoms with Crippen molar-refractivity contribution < 1.29 is 39.2 Å². The summed E-state index contributed by atoms with van der Waals surface area (Å²) in [7, 11) is 8.89. The van der Waals surface area contributed by atoms with Gasteiger partial charge in [0.15, 0.2) is 11.4 Å². The standard InChI is InChI=1S/C33H41N5O8/c1-35(2)21-14-19(22-7-6-17(46-22)15-38-10-8-37(5)9-11-38)27(39)24-18(21)12-16-13-20-26(36(3)4)29(41)25(32(34)44)31(43)33(20,45)30(42)23(16)28(24)40/h6-7,14,16,20,26,39-40,43,45H,8-13,15H2,1-5H3,(H2,34,44)/t16-,20-,26+,33-/m0/s1. The number of aliphatic hydroxyl groups excluding tert-OH is 2. The Hall–Kier alpha value is -4.17. The SMILES string of the molecule is CN1CCN(Cc2ccc(-c3cc(N(C)C)c4c(c3O)C(O)=C3C(=O)[C@]5(O)C(O)=C(C(N)=O)C(=O)[C@H](N(C)C)[C@@H]5C[C@@H]3C4)o2)CC1. The molecule has 0 unspecified atom stereocenters. The second-order valence-corrected chi connectivity index (χ2v) is 13.3. The number of fused-ring (bicyclic) bond motifs is 3. The van der Waals surface area contributed by atoms with Crippen molar-refractivity contribution >= 4 is 28.9 Å². The molecule has 2 heterocycles. The predicted molar refractivity (Wildman–Crippen MR) is 169 cm³/mol. The number of benzene rings is 1. The van der Waals surface area contributed by atoms with Gasteiger partial charge in [0.1, 0.15) is 34.4 Å². The summed E-state index contributed by atoms with van der Waals surface area (Å²) in [5.41, 5.74) is 3.30. The number of hydrogen-bond donors (Lipinski definition) is 5. The third kappa shape index (κ3) is 4.72. The van der Waals surface area contributed by atoms with Gasteiger partial charge in [-0.3, -0.25) is 24.2 Å². The third-order valence-corrected chi connectivity index (χ3v) is 10.1. The number of nitrogens with zero attached hydrogens (tertiary/aromatic N) is 4. The largest absolute Gasteiger partial charge is 0.508 e. The lowest BCUT2D eigenvalue weighted by Crippen LogP contribution is -2.65. The Morgan fingerprint density at radius 1 is 1.09 bits per heavy atom. The zero-order valence-corrected chi connectivity index (χ0v) is 26.7. The number of phenolic OH excluding ortho intramolecular Hbond substituents is 1. The quantitative estimate of drug-likeness (QED) is 0.285. The van der Waals surface area contributed by atoms with Crippen LogP contribution >= 0.6 is 0 Å². The smallest absolute Gasteiger partial charge is 0.255 e. The maximum Gasteiger partial charge on any atom is 0.255 e. The zero-order valence-electron chi connectivity index (χ0n) is 26.7. The number of piperazine rings is 1. The van der Waals surface area contributed by atoms with Crippen LogP contribution in [0, 0.1) is 11.8 Å². The van der Waals surface area contributed by atoms with E-state index in [1.807, 2.05) is 25.1 Å². The lowest BCUT2D eigenvalue weighted by Gasteiger charge is -2.50. The monoisotopic (exact) mass is 635 g/mol. The number of Topliss-reactive ketones (excluding diaryl/α,β-unsaturated/α-hetero) is 2. The summed E-state index contributed by atoms with van der Waals surface area (Å²) in [6.07, 6.45) is 0.220. The molecular weight excluding hydrogens is 594 g/mol. The van der Waals surface area contributed by atoms with Gasteiger partial charge in [-0.2, -0.15) is 0 Å². The molecule has 1 aliphatic heterocycles. The summed E-state index contributed by atoms with van der Waals surface area (Å²) >= 11 is 0. The number of aliphatic hydroxyl groups is 3. The normalized spacial score (nSPS) is 27.2. The van der Waals surface area contributed by atoms with E-state index in [4.69, 9.17) is 10.2 Å². The van der Waals surface area contributed by atoms with E-state index in [1.54, 1.807) is 26.2 Å². The van der Waals surface area contributed by atoms with Gasteiger partial charge in [0.05, 0.1) is 23.7 Å². The third-order valence-electron chi connectivity index (χ3n) is 10.1. The molecule has 0 spiro atoms. The minimum absolute atomic E-state index is 0.0227. The van der Waals surface area contributed by atoms with Crippen LogP contribution in [0.1, 0.15) is 23.3 Å². The minimum atomic E-state index is -2.69. The van der Waals surface area contributed by atoms with Gasteiger partial charge in [0.25, 0.3) is 5.91 Å². The molecule has 3 aliphatic carbocycles. The Labute approximate surface area is 266 Å². The number of carbonyl (C=O) groups is 3. The number of primary amides is 1. The van der Waals surface area contributed by atoms with Crippen molar-refractivity contribution in [1.29, 1.82) is 0 Å². The molecule has 6 rings (SSSR count). The Kier molecular flexibility index (Phi) is 7.79. The topological polar surface area (TPSA) is 184 Å². The summed E-state index contributed by atoms with van der Waals surface area (Å²) in [6, 6.07) is 4.26. The van der Waals surface area contributed by atoms with Gasteiger partial charge >= 0.3 is 0 Å². The summed E-state index contributed by atoms with van der Waals surface area (Å²) in [4.78, 5) is 47.7. The predicted octanol–water partition coefficient (Wildman–Crippen LogP) is 1.04. The molecule has 1 aromatic carbocycles. The van der Waals surface area contributed by atoms with Crippen LogP contribution in [0.15, 0.2) is 39.5 Å². The van der Waals surface area contributed by atoms with Crippen LogP contribution in [0.25, 0.3) is 17.1 Å². The Morgan fingerprint density at radius 3 is 2.37 bits per heavy atom. The number of furan rings is 1. The van der Waals surface area contributed by atoms with E-state index < -0.39 is 58.0 Å². The summed E-state index contributed by atoms with van der Waals surface area (Å²) < 4.78 is 6.19. The molecular formula is C33H41N5O8. The summed E-state index contributed by atoms with van der Waals surface area (Å²) in [5.74, 6) is -5.75. The highest BCUT2D eigenvalue weighted by Gasteiger charge is 2.64. The number of phenols is 1. The van der Waals surface area contributed by atoms with Crippen LogP contribution in [0.5, 0.6) is 5.75 Å². The number of anilines is 1. The van der Waals surface area contributed by atoms with Gasteiger partial charge in [-0.15, -0.1) is 0 Å². The van der Waals surface area contributed by atoms with Gasteiger partial charge in [0.2, 0.25) is 5.78 Å². The lowest BCUT2D eigenvalue weighted by molar-refractivity contribution is -0.153. The number of ketones is 2. The molecule has 0 radical (unpaired) electrons. The van der Waals surface area contributed by atoms with E-state index in [0.717, 1.165) is 31.9 Å². The molecule has 0 bridgehead atoms. The van der Waals surface area contributed by atoms with Gasteiger partial charge in [-0.1, -0.05) is 0 Å². The average molecular weight is 636 g/mol. The zero-order chi connectivity index (χ0) is 33.4. The summed E-state index contributed by atoms with van der Waals surface area (Å²) in [6.45, 7) is 4.32.